The van der Waals surface area contributed by atoms with E-state index in [0.29, 0.717) is 16.9 Å². The van der Waals surface area contributed by atoms with Crippen LogP contribution in [0.15, 0.2) is 79.1 Å². The van der Waals surface area contributed by atoms with Gasteiger partial charge in [-0.1, -0.05) is 18.2 Å². The summed E-state index contributed by atoms with van der Waals surface area (Å²) < 4.78 is 0. The summed E-state index contributed by atoms with van der Waals surface area (Å²) in [4.78, 5) is 21.0. The number of nitrogens with one attached hydrogen (secondary N) is 2. The number of pyridine rings is 2. The third kappa shape index (κ3) is 3.64. The van der Waals surface area contributed by atoms with Gasteiger partial charge in [0.1, 0.15) is 5.69 Å². The minimum atomic E-state index is -0.317. The van der Waals surface area contributed by atoms with Crippen molar-refractivity contribution in [2.75, 3.05) is 10.6 Å². The Morgan fingerprint density at radius 1 is 0.893 bits per heavy atom. The van der Waals surface area contributed by atoms with Crippen molar-refractivity contribution in [3.8, 4) is 6.07 Å². The molecule has 4 rings (SSSR count). The Balaban J connectivity index is 1.48. The smallest absolute Gasteiger partial charge is 0.274 e. The molecular weight excluding hydrogens is 350 g/mol. The van der Waals surface area contributed by atoms with Crippen LogP contribution in [-0.2, 0) is 0 Å². The third-order valence-electron chi connectivity index (χ3n) is 4.18. The van der Waals surface area contributed by atoms with Crippen molar-refractivity contribution in [3.05, 3.63) is 90.4 Å². The van der Waals surface area contributed by atoms with Crippen LogP contribution >= 0.6 is 0 Å². The number of carbonyl (C=O) groups excluding carboxylic acids is 1. The number of para-hydroxylation sites is 1. The zero-order valence-corrected chi connectivity index (χ0v) is 14.8. The topological polar surface area (TPSA) is 90.7 Å². The van der Waals surface area contributed by atoms with Crippen LogP contribution in [0.5, 0.6) is 0 Å². The zero-order chi connectivity index (χ0) is 19.3. The Hall–Kier alpha value is -4.24. The number of fused-ring (bicyclic) bond motifs is 1. The number of hydrogen-bond acceptors (Lipinski definition) is 5. The molecule has 0 saturated heterocycles. The molecule has 2 N–H and O–H groups in total. The minimum Gasteiger partial charge on any atom is -0.352 e. The summed E-state index contributed by atoms with van der Waals surface area (Å²) in [6.07, 6.45) is 3.36. The molecule has 4 aromatic rings. The lowest BCUT2D eigenvalue weighted by molar-refractivity contribution is 0.102. The van der Waals surface area contributed by atoms with Crippen molar-refractivity contribution < 1.29 is 4.79 Å². The largest absolute Gasteiger partial charge is 0.352 e. The minimum absolute atomic E-state index is 0.297. The Kier molecular flexibility index (Phi) is 4.64. The Bertz CT molecular complexity index is 1170. The van der Waals surface area contributed by atoms with Gasteiger partial charge >= 0.3 is 0 Å². The number of anilines is 3. The first-order chi connectivity index (χ1) is 13.7. The number of amides is 1. The highest BCUT2D eigenvalue weighted by atomic mass is 16.1. The zero-order valence-electron chi connectivity index (χ0n) is 14.8. The van der Waals surface area contributed by atoms with E-state index < -0.39 is 0 Å². The van der Waals surface area contributed by atoms with E-state index in [1.54, 1.807) is 48.8 Å². The van der Waals surface area contributed by atoms with Gasteiger partial charge in [0.15, 0.2) is 0 Å². The van der Waals surface area contributed by atoms with Gasteiger partial charge in [-0.05, 0) is 48.5 Å². The van der Waals surface area contributed by atoms with Gasteiger partial charge in [-0.3, -0.25) is 9.78 Å². The molecule has 6 nitrogen and oxygen atoms in total. The molecule has 0 fully saturated rings. The lowest BCUT2D eigenvalue weighted by Gasteiger charge is -2.09. The van der Waals surface area contributed by atoms with Crippen LogP contribution in [0.4, 0.5) is 17.1 Å². The summed E-state index contributed by atoms with van der Waals surface area (Å²) in [5, 5.41) is 15.9. The highest BCUT2D eigenvalue weighted by molar-refractivity contribution is 6.03. The first kappa shape index (κ1) is 17.2. The number of benzene rings is 2. The second-order valence-corrected chi connectivity index (χ2v) is 6.08. The number of aromatic nitrogens is 2. The molecule has 2 heterocycles. The van der Waals surface area contributed by atoms with Gasteiger partial charge in [0, 0.05) is 17.3 Å². The van der Waals surface area contributed by atoms with E-state index in [2.05, 4.69) is 20.6 Å². The summed E-state index contributed by atoms with van der Waals surface area (Å²) in [6, 6.07) is 21.9. The molecule has 0 unspecified atom stereocenters. The number of nitriles is 1. The Morgan fingerprint density at radius 3 is 2.43 bits per heavy atom. The standard InChI is InChI=1S/C22H15N5O/c23-13-15-6-8-17(9-7-15)27-22(28)20-11-10-18(14-25-20)26-19-5-1-3-16-4-2-12-24-21(16)19/h1-12,14,26H,(H,27,28). The van der Waals surface area contributed by atoms with E-state index in [4.69, 9.17) is 5.26 Å². The molecule has 6 heteroatoms. The van der Waals surface area contributed by atoms with Crippen LogP contribution < -0.4 is 10.6 Å². The molecule has 1 amide bonds. The van der Waals surface area contributed by atoms with E-state index >= 15 is 0 Å². The molecule has 28 heavy (non-hydrogen) atoms. The fourth-order valence-corrected chi connectivity index (χ4v) is 2.79. The molecule has 0 radical (unpaired) electrons. The van der Waals surface area contributed by atoms with Gasteiger partial charge in [0.2, 0.25) is 0 Å². The van der Waals surface area contributed by atoms with E-state index in [9.17, 15) is 4.79 Å². The van der Waals surface area contributed by atoms with Gasteiger partial charge in [-0.25, -0.2) is 4.98 Å². The average molecular weight is 365 g/mol. The highest BCUT2D eigenvalue weighted by Crippen LogP contribution is 2.24. The van der Waals surface area contributed by atoms with Crippen molar-refractivity contribution in [1.29, 1.82) is 5.26 Å². The lowest BCUT2D eigenvalue weighted by atomic mass is 10.2. The molecule has 0 atom stereocenters. The molecule has 0 aliphatic carbocycles. The van der Waals surface area contributed by atoms with Crippen LogP contribution in [0.25, 0.3) is 10.9 Å². The van der Waals surface area contributed by atoms with E-state index in [-0.39, 0.29) is 5.91 Å². The van der Waals surface area contributed by atoms with Crippen molar-refractivity contribution in [1.82, 2.24) is 9.97 Å². The molecule has 134 valence electrons. The molecule has 2 aromatic carbocycles. The fraction of sp³-hybridized carbons (Fsp3) is 0. The van der Waals surface area contributed by atoms with Crippen LogP contribution in [0.2, 0.25) is 0 Å². The van der Waals surface area contributed by atoms with Crippen molar-refractivity contribution in [2.45, 2.75) is 0 Å². The van der Waals surface area contributed by atoms with Crippen LogP contribution in [0.1, 0.15) is 16.1 Å². The van der Waals surface area contributed by atoms with Crippen LogP contribution in [0.3, 0.4) is 0 Å². The third-order valence-corrected chi connectivity index (χ3v) is 4.18. The maximum absolute atomic E-state index is 12.3. The number of hydrogen-bond donors (Lipinski definition) is 2. The second-order valence-electron chi connectivity index (χ2n) is 6.08. The normalized spacial score (nSPS) is 10.2. The summed E-state index contributed by atoms with van der Waals surface area (Å²) in [6.45, 7) is 0. The number of nitrogens with zero attached hydrogens (tertiary/aromatic N) is 3. The average Bonchev–Trinajstić information content (AvgIpc) is 2.75. The van der Waals surface area contributed by atoms with Crippen molar-refractivity contribution in [3.63, 3.8) is 0 Å². The first-order valence-electron chi connectivity index (χ1n) is 8.61. The SMILES string of the molecule is N#Cc1ccc(NC(=O)c2ccc(Nc3cccc4cccnc34)cn2)cc1. The van der Waals surface area contributed by atoms with Gasteiger partial charge in [-0.15, -0.1) is 0 Å². The van der Waals surface area contributed by atoms with Gasteiger partial charge < -0.3 is 10.6 Å². The quantitative estimate of drug-likeness (QED) is 0.556. The molecule has 0 bridgehead atoms. The van der Waals surface area contributed by atoms with E-state index in [1.807, 2.05) is 36.4 Å². The maximum Gasteiger partial charge on any atom is 0.274 e. The summed E-state index contributed by atoms with van der Waals surface area (Å²) in [5.41, 5.74) is 3.94. The summed E-state index contributed by atoms with van der Waals surface area (Å²) in [5.74, 6) is -0.317. The Morgan fingerprint density at radius 2 is 1.68 bits per heavy atom. The highest BCUT2D eigenvalue weighted by Gasteiger charge is 2.08. The van der Waals surface area contributed by atoms with E-state index in [0.717, 1.165) is 22.3 Å². The molecule has 0 saturated carbocycles. The molecule has 0 aliphatic rings. The Labute approximate surface area is 161 Å². The van der Waals surface area contributed by atoms with Gasteiger partial charge in [-0.2, -0.15) is 5.26 Å². The summed E-state index contributed by atoms with van der Waals surface area (Å²) >= 11 is 0. The lowest BCUT2D eigenvalue weighted by Crippen LogP contribution is -2.13. The fourth-order valence-electron chi connectivity index (χ4n) is 2.79. The predicted molar refractivity (Wildman–Crippen MR) is 108 cm³/mol. The molecule has 0 spiro atoms. The van der Waals surface area contributed by atoms with Crippen molar-refractivity contribution in [2.24, 2.45) is 0 Å². The van der Waals surface area contributed by atoms with Crippen LogP contribution in [0, 0.1) is 11.3 Å². The monoisotopic (exact) mass is 365 g/mol. The van der Waals surface area contributed by atoms with E-state index in [1.165, 1.54) is 0 Å². The predicted octanol–water partition coefficient (Wildman–Crippen LogP) is 4.50. The maximum atomic E-state index is 12.3. The number of carbonyl (C=O) groups is 1. The van der Waals surface area contributed by atoms with Crippen molar-refractivity contribution >= 4 is 33.9 Å². The number of rotatable bonds is 4. The van der Waals surface area contributed by atoms with Crippen LogP contribution in [-0.4, -0.2) is 15.9 Å². The molecular formula is C22H15N5O. The van der Waals surface area contributed by atoms with Gasteiger partial charge in [0.05, 0.1) is 34.7 Å². The second kappa shape index (κ2) is 7.56. The first-order valence-corrected chi connectivity index (χ1v) is 8.61. The molecule has 0 aliphatic heterocycles. The molecule has 2 aromatic heterocycles. The summed E-state index contributed by atoms with van der Waals surface area (Å²) in [7, 11) is 0. The van der Waals surface area contributed by atoms with Gasteiger partial charge in [0.25, 0.3) is 5.91 Å².